The molecule has 2 aromatic carbocycles. The van der Waals surface area contributed by atoms with E-state index in [4.69, 9.17) is 0 Å². The van der Waals surface area contributed by atoms with Gasteiger partial charge in [0.2, 0.25) is 0 Å². The van der Waals surface area contributed by atoms with Crippen molar-refractivity contribution in [2.45, 2.75) is 12.5 Å². The number of fused-ring (bicyclic) bond motifs is 2. The van der Waals surface area contributed by atoms with Gasteiger partial charge in [0.15, 0.2) is 0 Å². The highest BCUT2D eigenvalue weighted by atomic mass is 32.1. The molecule has 0 amide bonds. The lowest BCUT2D eigenvalue weighted by Gasteiger charge is -2.33. The van der Waals surface area contributed by atoms with Crippen LogP contribution in [0.1, 0.15) is 22.6 Å². The Morgan fingerprint density at radius 3 is 2.85 bits per heavy atom. The summed E-state index contributed by atoms with van der Waals surface area (Å²) in [4.78, 5) is 14.6. The highest BCUT2D eigenvalue weighted by Crippen LogP contribution is 2.35. The first-order valence-corrected chi connectivity index (χ1v) is 10.0. The van der Waals surface area contributed by atoms with Gasteiger partial charge in [-0.1, -0.05) is 18.2 Å². The van der Waals surface area contributed by atoms with Crippen LogP contribution in [-0.2, 0) is 6.54 Å². The number of rotatable bonds is 2. The fraction of sp³-hybridized carbons (Fsp3) is 0.174. The molecule has 0 aliphatic carbocycles. The van der Waals surface area contributed by atoms with Gasteiger partial charge in [-0.3, -0.25) is 9.36 Å². The van der Waals surface area contributed by atoms with E-state index in [9.17, 15) is 4.79 Å². The maximum atomic E-state index is 12.2. The third-order valence-corrected chi connectivity index (χ3v) is 6.31. The molecule has 3 heterocycles. The molecule has 3 nitrogen and oxygen atoms in total. The second-order valence-electron chi connectivity index (χ2n) is 7.26. The second-order valence-corrected chi connectivity index (χ2v) is 8.21. The summed E-state index contributed by atoms with van der Waals surface area (Å²) in [6, 6.07) is 20.8. The van der Waals surface area contributed by atoms with Crippen LogP contribution in [0.15, 0.2) is 77.0 Å². The van der Waals surface area contributed by atoms with Crippen LogP contribution in [0.25, 0.3) is 15.8 Å². The van der Waals surface area contributed by atoms with Crippen LogP contribution in [0.3, 0.4) is 0 Å². The Morgan fingerprint density at radius 1 is 1.04 bits per heavy atom. The van der Waals surface area contributed by atoms with E-state index in [0.29, 0.717) is 5.92 Å². The van der Waals surface area contributed by atoms with Gasteiger partial charge in [0, 0.05) is 41.7 Å². The van der Waals surface area contributed by atoms with E-state index >= 15 is 0 Å². The van der Waals surface area contributed by atoms with E-state index in [2.05, 4.69) is 59.8 Å². The average molecular weight is 372 g/mol. The molecular formula is C23H20N2OS. The first-order chi connectivity index (χ1) is 13.2. The summed E-state index contributed by atoms with van der Waals surface area (Å²) in [7, 11) is 2.17. The summed E-state index contributed by atoms with van der Waals surface area (Å²) >= 11 is 1.79. The van der Waals surface area contributed by atoms with Crippen LogP contribution in [-0.4, -0.2) is 23.1 Å². The van der Waals surface area contributed by atoms with Crippen molar-refractivity contribution in [3.05, 3.63) is 99.3 Å². The molecule has 1 aliphatic rings. The van der Waals surface area contributed by atoms with Crippen LogP contribution >= 0.6 is 11.3 Å². The maximum absolute atomic E-state index is 12.2. The first-order valence-electron chi connectivity index (χ1n) is 9.15. The monoisotopic (exact) mass is 372 g/mol. The van der Waals surface area contributed by atoms with Gasteiger partial charge in [-0.15, -0.1) is 11.3 Å². The third-order valence-electron chi connectivity index (χ3n) is 5.42. The first kappa shape index (κ1) is 16.5. The molecule has 27 heavy (non-hydrogen) atoms. The number of thiophene rings is 1. The molecule has 0 spiro atoms. The number of hydrogen-bond donors (Lipinski definition) is 0. The Balaban J connectivity index is 1.61. The lowest BCUT2D eigenvalue weighted by Crippen LogP contribution is -2.31. The Kier molecular flexibility index (Phi) is 3.96. The van der Waals surface area contributed by atoms with Crippen LogP contribution in [0.5, 0.6) is 0 Å². The SMILES string of the molecule is CN1Cc2cc(-n3ccccc3=O)ccc2C(c2ccc3sccc3c2)C1. The molecule has 0 saturated heterocycles. The van der Waals surface area contributed by atoms with Crippen molar-refractivity contribution in [1.29, 1.82) is 0 Å². The minimum Gasteiger partial charge on any atom is -0.301 e. The van der Waals surface area contributed by atoms with Crippen LogP contribution in [0.2, 0.25) is 0 Å². The van der Waals surface area contributed by atoms with Gasteiger partial charge in [0.05, 0.1) is 0 Å². The number of benzene rings is 2. The molecular weight excluding hydrogens is 352 g/mol. The highest BCUT2D eigenvalue weighted by molar-refractivity contribution is 7.17. The Hall–Kier alpha value is -2.69. The van der Waals surface area contributed by atoms with Gasteiger partial charge >= 0.3 is 0 Å². The van der Waals surface area contributed by atoms with Gasteiger partial charge in [0.25, 0.3) is 5.56 Å². The maximum Gasteiger partial charge on any atom is 0.255 e. The van der Waals surface area contributed by atoms with Crippen LogP contribution < -0.4 is 5.56 Å². The largest absolute Gasteiger partial charge is 0.301 e. The highest BCUT2D eigenvalue weighted by Gasteiger charge is 2.25. The summed E-state index contributed by atoms with van der Waals surface area (Å²) in [6.07, 6.45) is 1.83. The van der Waals surface area contributed by atoms with Gasteiger partial charge in [0.1, 0.15) is 0 Å². The lowest BCUT2D eigenvalue weighted by atomic mass is 9.84. The molecule has 1 unspecified atom stereocenters. The molecule has 4 heteroatoms. The van der Waals surface area contributed by atoms with Crippen molar-refractivity contribution in [1.82, 2.24) is 9.47 Å². The van der Waals surface area contributed by atoms with Gasteiger partial charge in [-0.05, 0) is 70.9 Å². The Labute approximate surface area is 162 Å². The number of pyridine rings is 1. The summed E-state index contributed by atoms with van der Waals surface area (Å²) < 4.78 is 3.04. The third kappa shape index (κ3) is 2.91. The van der Waals surface area contributed by atoms with Crippen molar-refractivity contribution in [2.75, 3.05) is 13.6 Å². The van der Waals surface area contributed by atoms with E-state index < -0.39 is 0 Å². The summed E-state index contributed by atoms with van der Waals surface area (Å²) in [6.45, 7) is 1.91. The number of aromatic nitrogens is 1. The van der Waals surface area contributed by atoms with Crippen molar-refractivity contribution in [3.63, 3.8) is 0 Å². The predicted octanol–water partition coefficient (Wildman–Crippen LogP) is 4.63. The molecule has 0 radical (unpaired) electrons. The van der Waals surface area contributed by atoms with E-state index in [1.165, 1.54) is 26.8 Å². The molecule has 5 rings (SSSR count). The molecule has 1 atom stereocenters. The minimum atomic E-state index is 0.000994. The minimum absolute atomic E-state index is 0.000994. The van der Waals surface area contributed by atoms with E-state index in [1.54, 1.807) is 28.0 Å². The standard InChI is InChI=1S/C23H20N2OS/c1-24-14-18-13-19(25-10-3-2-4-23(25)26)6-7-20(18)21(15-24)16-5-8-22-17(12-16)9-11-27-22/h2-13,21H,14-15H2,1H3. The summed E-state index contributed by atoms with van der Waals surface area (Å²) in [5.41, 5.74) is 4.96. The molecule has 0 bridgehead atoms. The fourth-order valence-electron chi connectivity index (χ4n) is 4.11. The quantitative estimate of drug-likeness (QED) is 0.513. The Bertz CT molecular complexity index is 1190. The molecule has 0 N–H and O–H groups in total. The Morgan fingerprint density at radius 2 is 1.96 bits per heavy atom. The van der Waals surface area contributed by atoms with E-state index in [-0.39, 0.29) is 5.56 Å². The number of nitrogens with zero attached hydrogens (tertiary/aromatic N) is 2. The molecule has 0 fully saturated rings. The van der Waals surface area contributed by atoms with Crippen molar-refractivity contribution < 1.29 is 0 Å². The zero-order chi connectivity index (χ0) is 18.4. The van der Waals surface area contributed by atoms with E-state index in [0.717, 1.165) is 18.8 Å². The normalized spacial score (nSPS) is 17.1. The smallest absolute Gasteiger partial charge is 0.255 e. The predicted molar refractivity (Wildman–Crippen MR) is 112 cm³/mol. The van der Waals surface area contributed by atoms with Crippen LogP contribution in [0, 0.1) is 0 Å². The zero-order valence-electron chi connectivity index (χ0n) is 15.1. The fourth-order valence-corrected chi connectivity index (χ4v) is 4.88. The zero-order valence-corrected chi connectivity index (χ0v) is 15.9. The van der Waals surface area contributed by atoms with Gasteiger partial charge in [-0.2, -0.15) is 0 Å². The summed E-state index contributed by atoms with van der Waals surface area (Å²) in [5.74, 6) is 0.351. The summed E-state index contributed by atoms with van der Waals surface area (Å²) in [5, 5.41) is 3.47. The topological polar surface area (TPSA) is 25.2 Å². The lowest BCUT2D eigenvalue weighted by molar-refractivity contribution is 0.295. The van der Waals surface area contributed by atoms with Crippen molar-refractivity contribution in [2.24, 2.45) is 0 Å². The molecule has 4 aromatic rings. The van der Waals surface area contributed by atoms with Crippen molar-refractivity contribution in [3.8, 4) is 5.69 Å². The molecule has 2 aromatic heterocycles. The molecule has 134 valence electrons. The number of likely N-dealkylation sites (N-methyl/N-ethyl adjacent to an activating group) is 1. The average Bonchev–Trinajstić information content (AvgIpc) is 3.15. The van der Waals surface area contributed by atoms with Gasteiger partial charge in [-0.25, -0.2) is 0 Å². The molecule has 0 saturated carbocycles. The van der Waals surface area contributed by atoms with Crippen LogP contribution in [0.4, 0.5) is 0 Å². The number of hydrogen-bond acceptors (Lipinski definition) is 3. The molecule has 1 aliphatic heterocycles. The van der Waals surface area contributed by atoms with Gasteiger partial charge < -0.3 is 4.90 Å². The van der Waals surface area contributed by atoms with E-state index in [1.807, 2.05) is 12.3 Å². The van der Waals surface area contributed by atoms with Crippen molar-refractivity contribution >= 4 is 21.4 Å². The second kappa shape index (κ2) is 6.48.